The molecule has 1 aromatic carbocycles. The van der Waals surface area contributed by atoms with Gasteiger partial charge in [0, 0.05) is 0 Å². The number of aliphatic hydroxyl groups excluding tert-OH is 3. The Balaban J connectivity index is 2.32. The van der Waals surface area contributed by atoms with E-state index in [0.717, 1.165) is 11.1 Å². The van der Waals surface area contributed by atoms with E-state index in [-0.39, 0.29) is 0 Å². The monoisotopic (exact) mass is 459 g/mol. The summed E-state index contributed by atoms with van der Waals surface area (Å²) in [7, 11) is 0. The number of carboxylic acid groups (broad SMARTS) is 1. The molecule has 1 amide bonds. The van der Waals surface area contributed by atoms with Gasteiger partial charge in [-0.3, -0.25) is 9.69 Å². The predicted octanol–water partition coefficient (Wildman–Crippen LogP) is -0.0469. The number of esters is 1. The Hall–Kier alpha value is -2.24. The first-order valence-corrected chi connectivity index (χ1v) is 10.2. The maximum absolute atomic E-state index is 12.8. The number of aryl methyl sites for hydroxylation is 2. The highest BCUT2D eigenvalue weighted by molar-refractivity contribution is 6.30. The predicted molar refractivity (Wildman–Crippen MR) is 109 cm³/mol. The van der Waals surface area contributed by atoms with Crippen molar-refractivity contribution in [3.05, 3.63) is 29.3 Å². The number of nitrogens with zero attached hydrogens (tertiary/aromatic N) is 1. The Bertz CT molecular complexity index is 833. The number of hydrogen-bond acceptors (Lipinski definition) is 8. The fourth-order valence-corrected chi connectivity index (χ4v) is 3.54. The molecule has 6 atom stereocenters. The van der Waals surface area contributed by atoms with Crippen LogP contribution in [0.1, 0.15) is 25.0 Å². The number of rotatable bonds is 7. The molecule has 4 N–H and O–H groups in total. The zero-order valence-electron chi connectivity index (χ0n) is 17.3. The fraction of sp³-hybridized carbons (Fsp3) is 0.550. The van der Waals surface area contributed by atoms with Gasteiger partial charge in [0.2, 0.25) is 12.2 Å². The van der Waals surface area contributed by atoms with Gasteiger partial charge in [0.15, 0.2) is 6.10 Å². The van der Waals surface area contributed by atoms with Crippen LogP contribution in [0, 0.1) is 6.92 Å². The summed E-state index contributed by atoms with van der Waals surface area (Å²) in [6.07, 6.45) is -8.97. The van der Waals surface area contributed by atoms with Crippen molar-refractivity contribution in [2.24, 2.45) is 0 Å². The zero-order valence-corrected chi connectivity index (χ0v) is 18.0. The molecule has 172 valence electrons. The van der Waals surface area contributed by atoms with Crippen molar-refractivity contribution in [2.75, 3.05) is 10.8 Å². The smallest absolute Gasteiger partial charge is 0.335 e. The molecule has 1 heterocycles. The Morgan fingerprint density at radius 1 is 1.19 bits per heavy atom. The molecular weight excluding hydrogens is 434 g/mol. The van der Waals surface area contributed by atoms with E-state index in [9.17, 15) is 29.7 Å². The van der Waals surface area contributed by atoms with E-state index in [1.54, 1.807) is 19.1 Å². The summed E-state index contributed by atoms with van der Waals surface area (Å²) in [5.41, 5.74) is 2.00. The van der Waals surface area contributed by atoms with Crippen LogP contribution in [-0.4, -0.2) is 80.9 Å². The minimum atomic E-state index is -1.92. The second kappa shape index (κ2) is 10.4. The lowest BCUT2D eigenvalue weighted by molar-refractivity contribution is -0.286. The third-order valence-corrected chi connectivity index (χ3v) is 5.33. The maximum atomic E-state index is 12.8. The highest BCUT2D eigenvalue weighted by Gasteiger charge is 2.49. The van der Waals surface area contributed by atoms with Crippen molar-refractivity contribution in [2.45, 2.75) is 63.9 Å². The Labute approximate surface area is 183 Å². The molecule has 1 aliphatic rings. The number of halogens is 1. The van der Waals surface area contributed by atoms with Crippen LogP contribution in [-0.2, 0) is 30.3 Å². The van der Waals surface area contributed by atoms with Crippen LogP contribution < -0.4 is 4.90 Å². The molecule has 0 radical (unpaired) electrons. The van der Waals surface area contributed by atoms with Crippen molar-refractivity contribution in [1.29, 1.82) is 0 Å². The van der Waals surface area contributed by atoms with Crippen molar-refractivity contribution >= 4 is 35.1 Å². The largest absolute Gasteiger partial charge is 0.479 e. The number of para-hydroxylation sites is 1. The van der Waals surface area contributed by atoms with Crippen molar-refractivity contribution in [1.82, 2.24) is 0 Å². The Kier molecular flexibility index (Phi) is 8.38. The summed E-state index contributed by atoms with van der Waals surface area (Å²) in [5, 5.41) is 38.8. The molecule has 1 saturated heterocycles. The minimum absolute atomic E-state index is 0.413. The molecule has 0 saturated carbocycles. The van der Waals surface area contributed by atoms with Crippen molar-refractivity contribution in [3.8, 4) is 0 Å². The van der Waals surface area contributed by atoms with E-state index >= 15 is 0 Å². The van der Waals surface area contributed by atoms with Gasteiger partial charge in [-0.2, -0.15) is 0 Å². The average molecular weight is 460 g/mol. The normalized spacial score (nSPS) is 26.7. The zero-order chi connectivity index (χ0) is 23.5. The number of carboxylic acids is 1. The first-order chi connectivity index (χ1) is 14.5. The number of amides is 1. The SMILES string of the molecule is CCc1cccc(C)c1N(C(=O)CCl)[C@@H](C)C(=O)O[C@@H]1O[C@H](C(=O)O)[C@@H](O)[C@H](O)[C@H]1O. The van der Waals surface area contributed by atoms with Gasteiger partial charge >= 0.3 is 11.9 Å². The molecule has 1 aliphatic heterocycles. The van der Waals surface area contributed by atoms with Gasteiger partial charge in [-0.25, -0.2) is 9.59 Å². The number of benzene rings is 1. The Morgan fingerprint density at radius 3 is 2.39 bits per heavy atom. The topological polar surface area (TPSA) is 154 Å². The number of anilines is 1. The first-order valence-electron chi connectivity index (χ1n) is 9.64. The molecule has 1 aromatic rings. The lowest BCUT2D eigenvalue weighted by atomic mass is 9.99. The second-order valence-corrected chi connectivity index (χ2v) is 7.45. The van der Waals surface area contributed by atoms with Crippen molar-refractivity contribution in [3.63, 3.8) is 0 Å². The van der Waals surface area contributed by atoms with E-state index in [1.807, 2.05) is 13.0 Å². The first kappa shape index (κ1) is 25.0. The molecule has 0 aromatic heterocycles. The molecule has 11 heteroatoms. The van der Waals surface area contributed by atoms with Crippen LogP contribution in [0.4, 0.5) is 5.69 Å². The number of aliphatic hydroxyl groups is 3. The minimum Gasteiger partial charge on any atom is -0.479 e. The number of carbonyl (C=O) groups excluding carboxylic acids is 2. The summed E-state index contributed by atoms with van der Waals surface area (Å²) in [4.78, 5) is 37.9. The van der Waals surface area contributed by atoms with Crippen LogP contribution in [0.3, 0.4) is 0 Å². The molecule has 0 bridgehead atoms. The third kappa shape index (κ3) is 5.16. The average Bonchev–Trinajstić information content (AvgIpc) is 2.74. The Morgan fingerprint density at radius 2 is 1.84 bits per heavy atom. The summed E-state index contributed by atoms with van der Waals surface area (Å²) in [6.45, 7) is 5.04. The molecule has 2 rings (SSSR count). The summed E-state index contributed by atoms with van der Waals surface area (Å²) in [6, 6.07) is 4.16. The standard InChI is InChI=1S/C20H26ClNO9/c1-4-11-7-5-6-9(2)13(11)22(12(23)8-21)10(3)19(29)31-20-16(26)14(24)15(25)17(30-20)18(27)28/h5-7,10,14-17,20,24-26H,4,8H2,1-3H3,(H,27,28)/t10-,14-,15-,16+,17-,20-/m0/s1. The number of hydrogen-bond donors (Lipinski definition) is 4. The fourth-order valence-electron chi connectivity index (χ4n) is 3.42. The molecular formula is C20H26ClNO9. The molecule has 0 aliphatic carbocycles. The van der Waals surface area contributed by atoms with Crippen LogP contribution in [0.25, 0.3) is 0 Å². The van der Waals surface area contributed by atoms with Crippen molar-refractivity contribution < 1.29 is 44.3 Å². The third-order valence-electron chi connectivity index (χ3n) is 5.10. The molecule has 31 heavy (non-hydrogen) atoms. The van der Waals surface area contributed by atoms with Gasteiger partial charge in [0.1, 0.15) is 30.2 Å². The maximum Gasteiger partial charge on any atom is 0.335 e. The van der Waals surface area contributed by atoms with E-state index in [2.05, 4.69) is 0 Å². The van der Waals surface area contributed by atoms with E-state index in [1.165, 1.54) is 11.8 Å². The summed E-state index contributed by atoms with van der Waals surface area (Å²) >= 11 is 5.76. The summed E-state index contributed by atoms with van der Waals surface area (Å²) < 4.78 is 10.1. The molecule has 0 spiro atoms. The highest BCUT2D eigenvalue weighted by Crippen LogP contribution is 2.29. The van der Waals surface area contributed by atoms with Gasteiger partial charge in [-0.05, 0) is 31.4 Å². The highest BCUT2D eigenvalue weighted by atomic mass is 35.5. The van der Waals surface area contributed by atoms with Crippen LogP contribution in [0.5, 0.6) is 0 Å². The molecule has 0 unspecified atom stereocenters. The molecule has 1 fully saturated rings. The van der Waals surface area contributed by atoms with Gasteiger partial charge in [-0.1, -0.05) is 25.1 Å². The van der Waals surface area contributed by atoms with Gasteiger partial charge < -0.3 is 29.9 Å². The number of alkyl halides is 1. The van der Waals surface area contributed by atoms with Crippen LogP contribution in [0.15, 0.2) is 18.2 Å². The van der Waals surface area contributed by atoms with E-state index < -0.39 is 60.5 Å². The number of ether oxygens (including phenoxy) is 2. The second-order valence-electron chi connectivity index (χ2n) is 7.18. The van der Waals surface area contributed by atoms with Crippen LogP contribution >= 0.6 is 11.6 Å². The number of aliphatic carboxylic acids is 1. The lowest BCUT2D eigenvalue weighted by Crippen LogP contribution is -2.61. The van der Waals surface area contributed by atoms with E-state index in [4.69, 9.17) is 26.2 Å². The van der Waals surface area contributed by atoms with E-state index in [0.29, 0.717) is 12.1 Å². The van der Waals surface area contributed by atoms with Crippen LogP contribution in [0.2, 0.25) is 0 Å². The molecule has 10 nitrogen and oxygen atoms in total. The van der Waals surface area contributed by atoms with Gasteiger partial charge in [0.05, 0.1) is 5.69 Å². The lowest BCUT2D eigenvalue weighted by Gasteiger charge is -2.39. The van der Waals surface area contributed by atoms with Gasteiger partial charge in [-0.15, -0.1) is 11.6 Å². The van der Waals surface area contributed by atoms with Gasteiger partial charge in [0.25, 0.3) is 0 Å². The number of carbonyl (C=O) groups is 3. The summed E-state index contributed by atoms with van der Waals surface area (Å²) in [5.74, 6) is -3.62. The quantitative estimate of drug-likeness (QED) is 0.324.